The smallest absolute Gasteiger partial charge is 0.227 e. The van der Waals surface area contributed by atoms with Crippen LogP contribution in [0.25, 0.3) is 11.3 Å². The van der Waals surface area contributed by atoms with Gasteiger partial charge in [-0.2, -0.15) is 0 Å². The second-order valence-electron chi connectivity index (χ2n) is 6.50. The van der Waals surface area contributed by atoms with E-state index in [1.54, 1.807) is 11.3 Å². The molecule has 1 aromatic heterocycles. The summed E-state index contributed by atoms with van der Waals surface area (Å²) in [5.41, 5.74) is 2.92. The molecule has 2 aromatic rings. The highest BCUT2D eigenvalue weighted by Crippen LogP contribution is 2.28. The molecule has 1 aromatic carbocycles. The number of hydrogen-bond acceptors (Lipinski definition) is 4. The van der Waals surface area contributed by atoms with Crippen molar-refractivity contribution in [2.45, 2.75) is 53.4 Å². The third-order valence-corrected chi connectivity index (χ3v) is 5.65. The van der Waals surface area contributed by atoms with Crippen LogP contribution in [0.3, 0.4) is 0 Å². The number of carbonyl (C=O) groups is 1. The van der Waals surface area contributed by atoms with Crippen LogP contribution in [0.5, 0.6) is 0 Å². The first kappa shape index (κ1) is 20.4. The summed E-state index contributed by atoms with van der Waals surface area (Å²) in [4.78, 5) is 19.4. The highest BCUT2D eigenvalue weighted by Gasteiger charge is 2.16. The van der Waals surface area contributed by atoms with Crippen LogP contribution in [0, 0.1) is 5.92 Å². The number of aromatic nitrogens is 1. The van der Waals surface area contributed by atoms with Crippen molar-refractivity contribution < 1.29 is 4.79 Å². The molecule has 4 nitrogen and oxygen atoms in total. The molecule has 1 amide bonds. The molecule has 142 valence electrons. The highest BCUT2D eigenvalue weighted by molar-refractivity contribution is 7.14. The van der Waals surface area contributed by atoms with Crippen molar-refractivity contribution in [2.75, 3.05) is 23.3 Å². The van der Waals surface area contributed by atoms with Crippen molar-refractivity contribution in [2.24, 2.45) is 5.92 Å². The molecule has 0 saturated heterocycles. The molecule has 0 saturated carbocycles. The van der Waals surface area contributed by atoms with Crippen molar-refractivity contribution >= 4 is 28.1 Å². The fourth-order valence-corrected chi connectivity index (χ4v) is 3.94. The van der Waals surface area contributed by atoms with Crippen molar-refractivity contribution in [3.63, 3.8) is 0 Å². The van der Waals surface area contributed by atoms with Gasteiger partial charge < -0.3 is 10.2 Å². The van der Waals surface area contributed by atoms with Gasteiger partial charge in [0.2, 0.25) is 5.91 Å². The second-order valence-corrected chi connectivity index (χ2v) is 7.34. The normalized spacial score (nSPS) is 12.0. The van der Waals surface area contributed by atoms with Gasteiger partial charge in [-0.05, 0) is 38.8 Å². The Hall–Kier alpha value is -1.88. The SMILES string of the molecule is CCCC[C@H](CC)C(=O)Nc1ccc(-c2csc(N(CC)CC)n2)cc1. The minimum absolute atomic E-state index is 0.102. The molecule has 2 rings (SSSR count). The maximum atomic E-state index is 12.4. The number of nitrogens with one attached hydrogen (secondary N) is 1. The van der Waals surface area contributed by atoms with Crippen molar-refractivity contribution in [1.29, 1.82) is 0 Å². The Bertz CT molecular complexity index is 677. The average molecular weight is 374 g/mol. The van der Waals surface area contributed by atoms with Crippen LogP contribution in [0.4, 0.5) is 10.8 Å². The Morgan fingerprint density at radius 2 is 1.85 bits per heavy atom. The zero-order chi connectivity index (χ0) is 18.9. The number of hydrogen-bond donors (Lipinski definition) is 1. The molecule has 0 bridgehead atoms. The number of nitrogens with zero attached hydrogens (tertiary/aromatic N) is 2. The van der Waals surface area contributed by atoms with Gasteiger partial charge in [-0.3, -0.25) is 4.79 Å². The first-order valence-electron chi connectivity index (χ1n) is 9.74. The summed E-state index contributed by atoms with van der Waals surface area (Å²) in [6, 6.07) is 8.00. The molecule has 0 unspecified atom stereocenters. The lowest BCUT2D eigenvalue weighted by Crippen LogP contribution is -2.22. The average Bonchev–Trinajstić information content (AvgIpc) is 3.14. The summed E-state index contributed by atoms with van der Waals surface area (Å²) >= 11 is 1.68. The van der Waals surface area contributed by atoms with E-state index in [1.807, 2.05) is 24.3 Å². The molecule has 26 heavy (non-hydrogen) atoms. The summed E-state index contributed by atoms with van der Waals surface area (Å²) in [5, 5.41) is 6.21. The Labute approximate surface area is 161 Å². The summed E-state index contributed by atoms with van der Waals surface area (Å²) in [7, 11) is 0. The van der Waals surface area contributed by atoms with Crippen LogP contribution < -0.4 is 10.2 Å². The van der Waals surface area contributed by atoms with Crippen LogP contribution in [0.1, 0.15) is 53.4 Å². The first-order chi connectivity index (χ1) is 12.6. The third kappa shape index (κ3) is 5.31. The van der Waals surface area contributed by atoms with E-state index in [0.29, 0.717) is 0 Å². The zero-order valence-corrected chi connectivity index (χ0v) is 17.2. The third-order valence-electron chi connectivity index (χ3n) is 4.74. The van der Waals surface area contributed by atoms with Crippen molar-refractivity contribution in [1.82, 2.24) is 4.98 Å². The Morgan fingerprint density at radius 1 is 1.15 bits per heavy atom. The molecule has 1 N–H and O–H groups in total. The molecule has 5 heteroatoms. The summed E-state index contributed by atoms with van der Waals surface area (Å²) in [6.07, 6.45) is 4.08. The molecule has 0 aliphatic heterocycles. The van der Waals surface area contributed by atoms with Crippen LogP contribution in [0.2, 0.25) is 0 Å². The van der Waals surface area contributed by atoms with Gasteiger partial charge in [0.15, 0.2) is 5.13 Å². The fraction of sp³-hybridized carbons (Fsp3) is 0.524. The quantitative estimate of drug-likeness (QED) is 0.571. The maximum absolute atomic E-state index is 12.4. The number of benzene rings is 1. The minimum Gasteiger partial charge on any atom is -0.349 e. The topological polar surface area (TPSA) is 45.2 Å². The van der Waals surface area contributed by atoms with E-state index in [0.717, 1.165) is 60.8 Å². The summed E-state index contributed by atoms with van der Waals surface area (Å²) in [5.74, 6) is 0.232. The molecule has 0 spiro atoms. The zero-order valence-electron chi connectivity index (χ0n) is 16.4. The molecule has 1 heterocycles. The molecule has 0 aliphatic rings. The van der Waals surface area contributed by atoms with Gasteiger partial charge in [0.1, 0.15) is 0 Å². The van der Waals surface area contributed by atoms with E-state index >= 15 is 0 Å². The monoisotopic (exact) mass is 373 g/mol. The van der Waals surface area contributed by atoms with Crippen LogP contribution in [-0.2, 0) is 4.79 Å². The van der Waals surface area contributed by atoms with Crippen LogP contribution >= 0.6 is 11.3 Å². The van der Waals surface area contributed by atoms with E-state index in [4.69, 9.17) is 4.98 Å². The molecular weight excluding hydrogens is 342 g/mol. The van der Waals surface area contributed by atoms with Gasteiger partial charge in [-0.25, -0.2) is 4.98 Å². The molecular formula is C21H31N3OS. The fourth-order valence-electron chi connectivity index (χ4n) is 2.98. The van der Waals surface area contributed by atoms with E-state index in [-0.39, 0.29) is 11.8 Å². The van der Waals surface area contributed by atoms with E-state index < -0.39 is 0 Å². The standard InChI is InChI=1S/C21H31N3OS/c1-5-9-10-16(6-2)20(25)22-18-13-11-17(12-14-18)19-15-26-21(23-19)24(7-3)8-4/h11-16H,5-10H2,1-4H3,(H,22,25)/t16-/m0/s1. The number of rotatable bonds is 10. The van der Waals surface area contributed by atoms with Crippen molar-refractivity contribution in [3.05, 3.63) is 29.6 Å². The predicted molar refractivity (Wildman–Crippen MR) is 113 cm³/mol. The van der Waals surface area contributed by atoms with Gasteiger partial charge in [-0.15, -0.1) is 11.3 Å². The number of thiazole rings is 1. The van der Waals surface area contributed by atoms with Gasteiger partial charge in [0.25, 0.3) is 0 Å². The van der Waals surface area contributed by atoms with Crippen molar-refractivity contribution in [3.8, 4) is 11.3 Å². The Kier molecular flexibility index (Phi) is 8.10. The second kappa shape index (κ2) is 10.3. The van der Waals surface area contributed by atoms with Crippen LogP contribution in [-0.4, -0.2) is 24.0 Å². The molecule has 0 radical (unpaired) electrons. The molecule has 0 aliphatic carbocycles. The summed E-state index contributed by atoms with van der Waals surface area (Å²) in [6.45, 7) is 10.5. The predicted octanol–water partition coefficient (Wildman–Crippen LogP) is 5.81. The lowest BCUT2D eigenvalue weighted by molar-refractivity contribution is -0.120. The largest absolute Gasteiger partial charge is 0.349 e. The highest BCUT2D eigenvalue weighted by atomic mass is 32.1. The minimum atomic E-state index is 0.102. The number of carbonyl (C=O) groups excluding carboxylic acids is 1. The molecule has 1 atom stereocenters. The van der Waals surface area contributed by atoms with E-state index in [9.17, 15) is 4.79 Å². The van der Waals surface area contributed by atoms with Gasteiger partial charge in [0.05, 0.1) is 5.69 Å². The number of amides is 1. The lowest BCUT2D eigenvalue weighted by atomic mass is 9.98. The van der Waals surface area contributed by atoms with E-state index in [2.05, 4.69) is 43.3 Å². The van der Waals surface area contributed by atoms with E-state index in [1.165, 1.54) is 0 Å². The Morgan fingerprint density at radius 3 is 2.42 bits per heavy atom. The number of unbranched alkanes of at least 4 members (excludes halogenated alkanes) is 1. The molecule has 0 fully saturated rings. The van der Waals surface area contributed by atoms with Crippen LogP contribution in [0.15, 0.2) is 29.6 Å². The Balaban J connectivity index is 2.03. The first-order valence-corrected chi connectivity index (χ1v) is 10.6. The van der Waals surface area contributed by atoms with Gasteiger partial charge in [-0.1, -0.05) is 38.8 Å². The van der Waals surface area contributed by atoms with Gasteiger partial charge >= 0.3 is 0 Å². The maximum Gasteiger partial charge on any atom is 0.227 e. The number of anilines is 2. The summed E-state index contributed by atoms with van der Waals surface area (Å²) < 4.78 is 0. The van der Waals surface area contributed by atoms with Gasteiger partial charge in [0, 0.05) is 35.6 Å². The lowest BCUT2D eigenvalue weighted by Gasteiger charge is -2.16.